The van der Waals surface area contributed by atoms with Crippen molar-refractivity contribution in [2.24, 2.45) is 5.73 Å². The SMILES string of the molecule is NC(=O)c1nc2cc(OCCOCC(F)(F)C(F)F)ccc2o1. The topological polar surface area (TPSA) is 87.6 Å². The van der Waals surface area contributed by atoms with E-state index in [0.29, 0.717) is 16.8 Å². The van der Waals surface area contributed by atoms with E-state index in [-0.39, 0.29) is 19.1 Å². The highest BCUT2D eigenvalue weighted by molar-refractivity contribution is 5.91. The van der Waals surface area contributed by atoms with Crippen molar-refractivity contribution in [2.75, 3.05) is 19.8 Å². The highest BCUT2D eigenvalue weighted by Gasteiger charge is 2.40. The lowest BCUT2D eigenvalue weighted by Gasteiger charge is -2.15. The van der Waals surface area contributed by atoms with Crippen LogP contribution in [-0.2, 0) is 4.74 Å². The summed E-state index contributed by atoms with van der Waals surface area (Å²) in [5, 5.41) is 0. The number of carbonyl (C=O) groups is 1. The Hall–Kier alpha value is -2.36. The highest BCUT2D eigenvalue weighted by Crippen LogP contribution is 2.23. The molecule has 23 heavy (non-hydrogen) atoms. The summed E-state index contributed by atoms with van der Waals surface area (Å²) in [6, 6.07) is 4.42. The second-order valence-electron chi connectivity index (χ2n) is 4.48. The number of benzene rings is 1. The number of rotatable bonds is 8. The van der Waals surface area contributed by atoms with E-state index < -0.39 is 24.9 Å². The molecule has 0 atom stereocenters. The Balaban J connectivity index is 1.84. The van der Waals surface area contributed by atoms with Gasteiger partial charge < -0.3 is 19.6 Å². The molecule has 0 radical (unpaired) electrons. The standard InChI is InChI=1S/C13H12F4N2O4/c14-12(15)13(16,17)6-21-3-4-22-7-1-2-9-8(5-7)19-11(23-9)10(18)20/h1-2,5,12H,3-4,6H2,(H2,18,20). The zero-order chi connectivity index (χ0) is 17.0. The van der Waals surface area contributed by atoms with E-state index in [0.717, 1.165) is 0 Å². The maximum absolute atomic E-state index is 12.6. The van der Waals surface area contributed by atoms with Crippen molar-refractivity contribution in [1.82, 2.24) is 4.98 Å². The van der Waals surface area contributed by atoms with E-state index in [1.807, 2.05) is 0 Å². The van der Waals surface area contributed by atoms with E-state index in [9.17, 15) is 22.4 Å². The van der Waals surface area contributed by atoms with Crippen LogP contribution in [0.15, 0.2) is 22.6 Å². The number of fused-ring (bicyclic) bond motifs is 1. The highest BCUT2D eigenvalue weighted by atomic mass is 19.3. The van der Waals surface area contributed by atoms with E-state index in [1.165, 1.54) is 18.2 Å². The molecule has 0 aliphatic heterocycles. The van der Waals surface area contributed by atoms with Gasteiger partial charge in [-0.25, -0.2) is 13.8 Å². The van der Waals surface area contributed by atoms with E-state index in [1.54, 1.807) is 0 Å². The lowest BCUT2D eigenvalue weighted by molar-refractivity contribution is -0.166. The average Bonchev–Trinajstić information content (AvgIpc) is 2.90. The van der Waals surface area contributed by atoms with Crippen LogP contribution in [0.3, 0.4) is 0 Å². The number of nitrogens with two attached hydrogens (primary N) is 1. The Bertz CT molecular complexity index is 690. The fourth-order valence-electron chi connectivity index (χ4n) is 1.59. The van der Waals surface area contributed by atoms with E-state index in [4.69, 9.17) is 14.9 Å². The summed E-state index contributed by atoms with van der Waals surface area (Å²) in [4.78, 5) is 14.8. The van der Waals surface area contributed by atoms with Gasteiger partial charge in [-0.2, -0.15) is 8.78 Å². The van der Waals surface area contributed by atoms with Gasteiger partial charge in [0.1, 0.15) is 24.5 Å². The molecule has 1 heterocycles. The first-order chi connectivity index (χ1) is 10.8. The van der Waals surface area contributed by atoms with Crippen molar-refractivity contribution in [3.05, 3.63) is 24.1 Å². The summed E-state index contributed by atoms with van der Waals surface area (Å²) in [5.74, 6) is -4.96. The van der Waals surface area contributed by atoms with Crippen molar-refractivity contribution in [2.45, 2.75) is 12.3 Å². The lowest BCUT2D eigenvalue weighted by atomic mass is 10.3. The monoisotopic (exact) mass is 336 g/mol. The Kier molecular flexibility index (Phi) is 5.04. The number of amides is 1. The van der Waals surface area contributed by atoms with Crippen LogP contribution >= 0.6 is 0 Å². The molecule has 10 heteroatoms. The summed E-state index contributed by atoms with van der Waals surface area (Å²) in [7, 11) is 0. The molecule has 2 aromatic rings. The smallest absolute Gasteiger partial charge is 0.330 e. The Labute approximate surface area is 127 Å². The van der Waals surface area contributed by atoms with Crippen LogP contribution in [0, 0.1) is 0 Å². The van der Waals surface area contributed by atoms with Gasteiger partial charge in [0.25, 0.3) is 5.89 Å². The largest absolute Gasteiger partial charge is 0.491 e. The third kappa shape index (κ3) is 4.31. The first-order valence-electron chi connectivity index (χ1n) is 6.36. The Morgan fingerprint density at radius 3 is 2.74 bits per heavy atom. The molecule has 0 fully saturated rings. The number of primary amides is 1. The molecule has 126 valence electrons. The third-order valence-corrected chi connectivity index (χ3v) is 2.68. The molecule has 1 amide bonds. The van der Waals surface area contributed by atoms with Gasteiger partial charge in [-0.05, 0) is 12.1 Å². The minimum Gasteiger partial charge on any atom is -0.491 e. The third-order valence-electron chi connectivity index (χ3n) is 2.68. The first-order valence-corrected chi connectivity index (χ1v) is 6.36. The van der Waals surface area contributed by atoms with Crippen molar-refractivity contribution in [1.29, 1.82) is 0 Å². The number of ether oxygens (including phenoxy) is 2. The van der Waals surface area contributed by atoms with Gasteiger partial charge in [-0.3, -0.25) is 4.79 Å². The lowest BCUT2D eigenvalue weighted by Crippen LogP contribution is -2.33. The number of hydrogen-bond donors (Lipinski definition) is 1. The van der Waals surface area contributed by atoms with Crippen molar-refractivity contribution in [3.8, 4) is 5.75 Å². The number of hydrogen-bond acceptors (Lipinski definition) is 5. The molecule has 2 rings (SSSR count). The number of carbonyl (C=O) groups excluding carboxylic acids is 1. The molecule has 0 bridgehead atoms. The molecule has 0 aliphatic rings. The van der Waals surface area contributed by atoms with Crippen molar-refractivity contribution < 1.29 is 36.2 Å². The maximum atomic E-state index is 12.6. The van der Waals surface area contributed by atoms with Crippen molar-refractivity contribution in [3.63, 3.8) is 0 Å². The fourth-order valence-corrected chi connectivity index (χ4v) is 1.59. The van der Waals surface area contributed by atoms with Crippen molar-refractivity contribution >= 4 is 17.0 Å². The summed E-state index contributed by atoms with van der Waals surface area (Å²) in [6.07, 6.45) is -3.78. The molecule has 0 saturated carbocycles. The zero-order valence-electron chi connectivity index (χ0n) is 11.6. The molecule has 1 aromatic carbocycles. The molecule has 0 aliphatic carbocycles. The van der Waals surface area contributed by atoms with Crippen LogP contribution in [0.5, 0.6) is 5.75 Å². The normalized spacial score (nSPS) is 12.0. The molecule has 2 N–H and O–H groups in total. The summed E-state index contributed by atoms with van der Waals surface area (Å²) >= 11 is 0. The molecule has 0 spiro atoms. The number of alkyl halides is 4. The second-order valence-corrected chi connectivity index (χ2v) is 4.48. The molecule has 0 unspecified atom stereocenters. The Morgan fingerprint density at radius 1 is 1.35 bits per heavy atom. The van der Waals surface area contributed by atoms with Crippen LogP contribution in [0.25, 0.3) is 11.1 Å². The van der Waals surface area contributed by atoms with Gasteiger partial charge in [0.2, 0.25) is 0 Å². The molecule has 6 nitrogen and oxygen atoms in total. The van der Waals surface area contributed by atoms with Crippen LogP contribution < -0.4 is 10.5 Å². The summed E-state index contributed by atoms with van der Waals surface area (Å²) in [6.45, 7) is -1.82. The minimum atomic E-state index is -4.19. The average molecular weight is 336 g/mol. The number of nitrogens with zero attached hydrogens (tertiary/aromatic N) is 1. The summed E-state index contributed by atoms with van der Waals surface area (Å²) < 4.78 is 63.6. The maximum Gasteiger partial charge on any atom is 0.330 e. The van der Waals surface area contributed by atoms with Gasteiger partial charge in [0.05, 0.1) is 6.61 Å². The van der Waals surface area contributed by atoms with Crippen LogP contribution in [0.4, 0.5) is 17.6 Å². The quantitative estimate of drug-likeness (QED) is 0.590. The second kappa shape index (κ2) is 6.82. The van der Waals surface area contributed by atoms with E-state index >= 15 is 0 Å². The van der Waals surface area contributed by atoms with Crippen LogP contribution in [0.1, 0.15) is 10.7 Å². The first kappa shape index (κ1) is 17.0. The zero-order valence-corrected chi connectivity index (χ0v) is 11.6. The summed E-state index contributed by atoms with van der Waals surface area (Å²) in [5.41, 5.74) is 5.67. The van der Waals surface area contributed by atoms with Crippen LogP contribution in [0.2, 0.25) is 0 Å². The number of oxazole rings is 1. The number of aromatic nitrogens is 1. The van der Waals surface area contributed by atoms with Gasteiger partial charge in [-0.15, -0.1) is 0 Å². The van der Waals surface area contributed by atoms with Crippen LogP contribution in [-0.4, -0.2) is 43.1 Å². The molecular weight excluding hydrogens is 324 g/mol. The Morgan fingerprint density at radius 2 is 2.09 bits per heavy atom. The number of halogens is 4. The molecule has 0 saturated heterocycles. The molecule has 1 aromatic heterocycles. The van der Waals surface area contributed by atoms with Gasteiger partial charge >= 0.3 is 18.3 Å². The minimum absolute atomic E-state index is 0.134. The predicted octanol–water partition coefficient (Wildman–Crippen LogP) is 2.22. The predicted molar refractivity (Wildman–Crippen MR) is 69.8 cm³/mol. The van der Waals surface area contributed by atoms with Gasteiger partial charge in [-0.1, -0.05) is 0 Å². The van der Waals surface area contributed by atoms with Gasteiger partial charge in [0.15, 0.2) is 5.58 Å². The van der Waals surface area contributed by atoms with Gasteiger partial charge in [0, 0.05) is 6.07 Å². The fraction of sp³-hybridized carbons (Fsp3) is 0.385. The van der Waals surface area contributed by atoms with E-state index in [2.05, 4.69) is 9.72 Å². The molecular formula is C13H12F4N2O4.